The van der Waals surface area contributed by atoms with Crippen molar-refractivity contribution in [3.05, 3.63) is 32.8 Å². The van der Waals surface area contributed by atoms with Gasteiger partial charge in [-0.3, -0.25) is 14.9 Å². The lowest BCUT2D eigenvalue weighted by Gasteiger charge is -2.10. The van der Waals surface area contributed by atoms with Gasteiger partial charge in [0.2, 0.25) is 0 Å². The molecule has 3 N–H and O–H groups in total. The molecule has 0 radical (unpaired) electrons. The number of nitro groups is 1. The molecule has 1 amide bonds. The first kappa shape index (κ1) is 15.2. The summed E-state index contributed by atoms with van der Waals surface area (Å²) >= 11 is 5.79. The Hall–Kier alpha value is -1.82. The molecule has 0 heterocycles. The molecular weight excluding hydrogens is 270 g/mol. The highest BCUT2D eigenvalue weighted by atomic mass is 35.5. The van der Waals surface area contributed by atoms with Gasteiger partial charge in [-0.2, -0.15) is 0 Å². The normalized spacial score (nSPS) is 11.9. The van der Waals surface area contributed by atoms with Gasteiger partial charge in [0.05, 0.1) is 9.95 Å². The summed E-state index contributed by atoms with van der Waals surface area (Å²) in [6.45, 7) is 4.52. The minimum absolute atomic E-state index is 0.00268. The number of anilines is 1. The van der Waals surface area contributed by atoms with E-state index < -0.39 is 10.8 Å². The molecule has 6 nitrogen and oxygen atoms in total. The van der Waals surface area contributed by atoms with Crippen LogP contribution < -0.4 is 11.1 Å². The second-order valence-electron chi connectivity index (χ2n) is 4.37. The van der Waals surface area contributed by atoms with Crippen molar-refractivity contribution in [3.63, 3.8) is 0 Å². The molecule has 0 fully saturated rings. The fourth-order valence-electron chi connectivity index (χ4n) is 1.40. The van der Waals surface area contributed by atoms with Crippen molar-refractivity contribution in [2.45, 2.75) is 20.3 Å². The second kappa shape index (κ2) is 6.38. The lowest BCUT2D eigenvalue weighted by molar-refractivity contribution is -0.383. The molecule has 0 spiro atoms. The topological polar surface area (TPSA) is 98.3 Å². The maximum atomic E-state index is 11.9. The summed E-state index contributed by atoms with van der Waals surface area (Å²) in [7, 11) is 0. The number of hydrogen-bond donors (Lipinski definition) is 2. The van der Waals surface area contributed by atoms with Crippen LogP contribution in [0.2, 0.25) is 5.02 Å². The molecule has 1 rings (SSSR count). The summed E-state index contributed by atoms with van der Waals surface area (Å²) in [5.74, 6) is -0.0616. The fourth-order valence-corrected chi connectivity index (χ4v) is 1.61. The summed E-state index contributed by atoms with van der Waals surface area (Å²) in [6.07, 6.45) is 0.933. The number of nitrogen functional groups attached to an aromatic ring is 1. The van der Waals surface area contributed by atoms with Crippen molar-refractivity contribution in [1.29, 1.82) is 0 Å². The Kier molecular flexibility index (Phi) is 5.11. The van der Waals surface area contributed by atoms with E-state index in [-0.39, 0.29) is 22.0 Å². The number of carbonyl (C=O) groups is 1. The predicted octanol–water partition coefficient (Wildman–Crippen LogP) is 2.61. The number of amides is 1. The largest absolute Gasteiger partial charge is 0.392 e. The average Bonchev–Trinajstić information content (AvgIpc) is 2.37. The number of benzene rings is 1. The van der Waals surface area contributed by atoms with Crippen LogP contribution in [0.15, 0.2) is 12.1 Å². The molecule has 0 saturated heterocycles. The van der Waals surface area contributed by atoms with E-state index in [1.54, 1.807) is 0 Å². The van der Waals surface area contributed by atoms with Gasteiger partial charge < -0.3 is 11.1 Å². The van der Waals surface area contributed by atoms with Crippen LogP contribution in [0.1, 0.15) is 30.6 Å². The van der Waals surface area contributed by atoms with E-state index in [4.69, 9.17) is 17.3 Å². The van der Waals surface area contributed by atoms with E-state index in [2.05, 4.69) is 5.32 Å². The van der Waals surface area contributed by atoms with Crippen LogP contribution in [0.3, 0.4) is 0 Å². The lowest BCUT2D eigenvalue weighted by atomic mass is 10.1. The van der Waals surface area contributed by atoms with Crippen molar-refractivity contribution in [1.82, 2.24) is 5.32 Å². The minimum Gasteiger partial charge on any atom is -0.392 e. The van der Waals surface area contributed by atoms with Crippen LogP contribution in [0.4, 0.5) is 11.4 Å². The molecule has 19 heavy (non-hydrogen) atoms. The van der Waals surface area contributed by atoms with Gasteiger partial charge in [0.15, 0.2) is 0 Å². The number of hydrogen-bond acceptors (Lipinski definition) is 4. The van der Waals surface area contributed by atoms with Gasteiger partial charge in [0.25, 0.3) is 11.6 Å². The van der Waals surface area contributed by atoms with Gasteiger partial charge in [0.1, 0.15) is 5.69 Å². The van der Waals surface area contributed by atoms with E-state index in [0.717, 1.165) is 12.5 Å². The molecule has 1 aromatic carbocycles. The van der Waals surface area contributed by atoms with Crippen LogP contribution in [0.5, 0.6) is 0 Å². The lowest BCUT2D eigenvalue weighted by Crippen LogP contribution is -2.28. The third-order valence-corrected chi connectivity index (χ3v) is 3.19. The summed E-state index contributed by atoms with van der Waals surface area (Å²) in [5, 5.41) is 13.5. The van der Waals surface area contributed by atoms with Crippen LogP contribution >= 0.6 is 11.6 Å². The zero-order chi connectivity index (χ0) is 14.6. The zero-order valence-electron chi connectivity index (χ0n) is 10.8. The molecule has 0 aliphatic rings. The first-order chi connectivity index (χ1) is 8.86. The number of nitrogens with two attached hydrogens (primary N) is 1. The standard InChI is InChI=1S/C12H16ClN3O3/c1-3-7(2)6-15-12(17)8-4-9(13)11(14)10(5-8)16(18)19/h4-5,7H,3,6,14H2,1-2H3,(H,15,17). The third-order valence-electron chi connectivity index (χ3n) is 2.87. The van der Waals surface area contributed by atoms with E-state index in [0.29, 0.717) is 12.5 Å². The maximum Gasteiger partial charge on any atom is 0.294 e. The van der Waals surface area contributed by atoms with Gasteiger partial charge in [-0.1, -0.05) is 31.9 Å². The zero-order valence-corrected chi connectivity index (χ0v) is 11.5. The molecule has 1 unspecified atom stereocenters. The summed E-state index contributed by atoms with van der Waals surface area (Å²) in [4.78, 5) is 22.0. The average molecular weight is 286 g/mol. The Balaban J connectivity index is 2.95. The van der Waals surface area contributed by atoms with E-state index >= 15 is 0 Å². The molecule has 7 heteroatoms. The van der Waals surface area contributed by atoms with Crippen LogP contribution in [-0.4, -0.2) is 17.4 Å². The van der Waals surface area contributed by atoms with E-state index in [9.17, 15) is 14.9 Å². The Bertz CT molecular complexity index is 505. The third kappa shape index (κ3) is 3.82. The molecule has 1 aromatic rings. The fraction of sp³-hybridized carbons (Fsp3) is 0.417. The Morgan fingerprint density at radius 2 is 2.21 bits per heavy atom. The summed E-state index contributed by atoms with van der Waals surface area (Å²) < 4.78 is 0. The van der Waals surface area contributed by atoms with Crippen molar-refractivity contribution in [2.24, 2.45) is 5.92 Å². The Morgan fingerprint density at radius 1 is 1.58 bits per heavy atom. The molecular formula is C12H16ClN3O3. The molecule has 0 saturated carbocycles. The van der Waals surface area contributed by atoms with Gasteiger partial charge in [-0.25, -0.2) is 0 Å². The van der Waals surface area contributed by atoms with Gasteiger partial charge in [0, 0.05) is 18.2 Å². The van der Waals surface area contributed by atoms with Crippen LogP contribution in [-0.2, 0) is 0 Å². The minimum atomic E-state index is -0.660. The van der Waals surface area contributed by atoms with E-state index in [1.807, 2.05) is 13.8 Å². The highest BCUT2D eigenvalue weighted by molar-refractivity contribution is 6.34. The molecule has 1 atom stereocenters. The monoisotopic (exact) mass is 285 g/mol. The molecule has 0 aliphatic carbocycles. The first-order valence-electron chi connectivity index (χ1n) is 5.88. The van der Waals surface area contributed by atoms with Gasteiger partial charge >= 0.3 is 0 Å². The Labute approximate surface area is 116 Å². The highest BCUT2D eigenvalue weighted by Crippen LogP contribution is 2.30. The van der Waals surface area contributed by atoms with Gasteiger partial charge in [-0.05, 0) is 12.0 Å². The van der Waals surface area contributed by atoms with Crippen molar-refractivity contribution < 1.29 is 9.72 Å². The van der Waals surface area contributed by atoms with E-state index in [1.165, 1.54) is 6.07 Å². The SMILES string of the molecule is CCC(C)CNC(=O)c1cc(Cl)c(N)c([N+](=O)[O-])c1. The summed E-state index contributed by atoms with van der Waals surface area (Å²) in [6, 6.07) is 2.46. The highest BCUT2D eigenvalue weighted by Gasteiger charge is 2.19. The summed E-state index contributed by atoms with van der Waals surface area (Å²) in [5.41, 5.74) is 5.13. The smallest absolute Gasteiger partial charge is 0.294 e. The number of nitrogens with zero attached hydrogens (tertiary/aromatic N) is 1. The van der Waals surface area contributed by atoms with Crippen molar-refractivity contribution >= 4 is 28.9 Å². The van der Waals surface area contributed by atoms with Crippen molar-refractivity contribution in [2.75, 3.05) is 12.3 Å². The number of nitro benzene ring substituents is 1. The van der Waals surface area contributed by atoms with Crippen molar-refractivity contribution in [3.8, 4) is 0 Å². The molecule has 0 aromatic heterocycles. The predicted molar refractivity (Wildman–Crippen MR) is 74.3 cm³/mol. The maximum absolute atomic E-state index is 11.9. The first-order valence-corrected chi connectivity index (χ1v) is 6.26. The van der Waals surface area contributed by atoms with Gasteiger partial charge in [-0.15, -0.1) is 0 Å². The Morgan fingerprint density at radius 3 is 2.74 bits per heavy atom. The number of carbonyl (C=O) groups excluding carboxylic acids is 1. The van der Waals surface area contributed by atoms with Crippen LogP contribution in [0.25, 0.3) is 0 Å². The number of nitrogens with one attached hydrogen (secondary N) is 1. The number of rotatable bonds is 5. The molecule has 0 aliphatic heterocycles. The molecule has 104 valence electrons. The number of halogens is 1. The van der Waals surface area contributed by atoms with Crippen LogP contribution in [0, 0.1) is 16.0 Å². The quantitative estimate of drug-likeness (QED) is 0.493. The second-order valence-corrected chi connectivity index (χ2v) is 4.78. The molecule has 0 bridgehead atoms.